The summed E-state index contributed by atoms with van der Waals surface area (Å²) in [6, 6.07) is 15.1. The molecule has 0 unspecified atom stereocenters. The van der Waals surface area contributed by atoms with E-state index >= 15 is 0 Å². The third kappa shape index (κ3) is 3.62. The highest BCUT2D eigenvalue weighted by Gasteiger charge is 2.16. The highest BCUT2D eigenvalue weighted by molar-refractivity contribution is 6.04. The highest BCUT2D eigenvalue weighted by atomic mass is 16.7. The Labute approximate surface area is 167 Å². The zero-order valence-corrected chi connectivity index (χ0v) is 15.8. The largest absolute Gasteiger partial charge is 0.454 e. The number of piperazine rings is 1. The molecule has 1 amide bonds. The molecule has 8 heteroatoms. The molecule has 1 saturated heterocycles. The van der Waals surface area contributed by atoms with Crippen molar-refractivity contribution in [3.8, 4) is 22.8 Å². The minimum atomic E-state index is -0.194. The minimum absolute atomic E-state index is 0.194. The van der Waals surface area contributed by atoms with E-state index in [2.05, 4.69) is 25.7 Å². The van der Waals surface area contributed by atoms with E-state index in [1.54, 1.807) is 6.07 Å². The maximum atomic E-state index is 12.6. The molecular formula is C21H21N5O3. The van der Waals surface area contributed by atoms with Gasteiger partial charge in [0.15, 0.2) is 17.3 Å². The van der Waals surface area contributed by atoms with Crippen LogP contribution in [-0.4, -0.2) is 49.1 Å². The standard InChI is InChI=1S/C21H21N5O3/c27-21(14-1-4-16(5-2-14)26-9-7-22-8-10-26)23-20-12-17(24-25-20)15-3-6-18-19(11-15)29-13-28-18/h1-6,11-12,22H,7-10,13H2,(H2,23,24,25,27). The van der Waals surface area contributed by atoms with E-state index in [0.29, 0.717) is 17.1 Å². The smallest absolute Gasteiger partial charge is 0.256 e. The number of hydrogen-bond acceptors (Lipinski definition) is 6. The second-order valence-corrected chi connectivity index (χ2v) is 6.97. The lowest BCUT2D eigenvalue weighted by molar-refractivity contribution is 0.102. The lowest BCUT2D eigenvalue weighted by Crippen LogP contribution is -2.43. The molecule has 0 spiro atoms. The van der Waals surface area contributed by atoms with Crippen LogP contribution in [0.5, 0.6) is 11.5 Å². The Bertz CT molecular complexity index is 1030. The van der Waals surface area contributed by atoms with Gasteiger partial charge < -0.3 is 25.0 Å². The molecule has 0 radical (unpaired) electrons. The zero-order chi connectivity index (χ0) is 19.6. The molecule has 3 heterocycles. The van der Waals surface area contributed by atoms with Crippen LogP contribution in [0.2, 0.25) is 0 Å². The van der Waals surface area contributed by atoms with Crippen LogP contribution in [0.4, 0.5) is 11.5 Å². The molecule has 0 saturated carbocycles. The summed E-state index contributed by atoms with van der Waals surface area (Å²) in [5, 5.41) is 13.3. The van der Waals surface area contributed by atoms with Crippen LogP contribution >= 0.6 is 0 Å². The van der Waals surface area contributed by atoms with Crippen LogP contribution in [0.3, 0.4) is 0 Å². The first-order chi connectivity index (χ1) is 14.3. The van der Waals surface area contributed by atoms with Crippen molar-refractivity contribution in [1.82, 2.24) is 15.5 Å². The zero-order valence-electron chi connectivity index (χ0n) is 15.8. The van der Waals surface area contributed by atoms with E-state index in [-0.39, 0.29) is 12.7 Å². The molecule has 8 nitrogen and oxygen atoms in total. The number of fused-ring (bicyclic) bond motifs is 1. The number of carbonyl (C=O) groups excluding carboxylic acids is 1. The molecule has 3 N–H and O–H groups in total. The molecule has 0 aliphatic carbocycles. The molecule has 1 fully saturated rings. The fourth-order valence-corrected chi connectivity index (χ4v) is 3.53. The summed E-state index contributed by atoms with van der Waals surface area (Å²) in [6.45, 7) is 4.14. The Morgan fingerprint density at radius 3 is 2.62 bits per heavy atom. The molecule has 0 atom stereocenters. The molecule has 5 rings (SSSR count). The van der Waals surface area contributed by atoms with Crippen LogP contribution < -0.4 is 25.0 Å². The molecule has 3 aromatic rings. The molecule has 2 aromatic carbocycles. The number of rotatable bonds is 4. The lowest BCUT2D eigenvalue weighted by atomic mass is 10.1. The molecule has 2 aliphatic heterocycles. The average molecular weight is 391 g/mol. The second-order valence-electron chi connectivity index (χ2n) is 6.97. The average Bonchev–Trinajstić information content (AvgIpc) is 3.43. The third-order valence-corrected chi connectivity index (χ3v) is 5.11. The Kier molecular flexibility index (Phi) is 4.53. The van der Waals surface area contributed by atoms with Crippen LogP contribution in [0.25, 0.3) is 11.3 Å². The number of aromatic amines is 1. The number of nitrogens with zero attached hydrogens (tertiary/aromatic N) is 2. The summed E-state index contributed by atoms with van der Waals surface area (Å²) < 4.78 is 10.7. The van der Waals surface area contributed by atoms with Gasteiger partial charge in [0.05, 0.1) is 5.69 Å². The molecule has 148 valence electrons. The molecule has 0 bridgehead atoms. The minimum Gasteiger partial charge on any atom is -0.454 e. The number of hydrogen-bond donors (Lipinski definition) is 3. The summed E-state index contributed by atoms with van der Waals surface area (Å²) in [4.78, 5) is 14.9. The number of anilines is 2. The lowest BCUT2D eigenvalue weighted by Gasteiger charge is -2.29. The van der Waals surface area contributed by atoms with Crippen molar-refractivity contribution >= 4 is 17.4 Å². The topological polar surface area (TPSA) is 91.5 Å². The van der Waals surface area contributed by atoms with E-state index in [1.165, 1.54) is 0 Å². The van der Waals surface area contributed by atoms with Crippen molar-refractivity contribution in [2.45, 2.75) is 0 Å². The number of ether oxygens (including phenoxy) is 2. The van der Waals surface area contributed by atoms with Gasteiger partial charge in [0.2, 0.25) is 6.79 Å². The van der Waals surface area contributed by atoms with Gasteiger partial charge in [-0.2, -0.15) is 5.10 Å². The van der Waals surface area contributed by atoms with Crippen molar-refractivity contribution < 1.29 is 14.3 Å². The van der Waals surface area contributed by atoms with Crippen molar-refractivity contribution in [2.75, 3.05) is 43.2 Å². The quantitative estimate of drug-likeness (QED) is 0.633. The Hall–Kier alpha value is -3.52. The fraction of sp³-hybridized carbons (Fsp3) is 0.238. The number of amides is 1. The summed E-state index contributed by atoms with van der Waals surface area (Å²) in [5.41, 5.74) is 3.42. The Morgan fingerprint density at radius 1 is 1.00 bits per heavy atom. The molecule has 2 aliphatic rings. The third-order valence-electron chi connectivity index (χ3n) is 5.11. The SMILES string of the molecule is O=C(Nc1cc(-c2ccc3c(c2)OCO3)[nH]n1)c1ccc(N2CCNCC2)cc1. The van der Waals surface area contributed by atoms with Gasteiger partial charge in [-0.05, 0) is 42.5 Å². The summed E-state index contributed by atoms with van der Waals surface area (Å²) in [5.74, 6) is 1.70. The first kappa shape index (κ1) is 17.6. The number of carbonyl (C=O) groups is 1. The number of nitrogens with one attached hydrogen (secondary N) is 3. The predicted octanol–water partition coefficient (Wildman–Crippen LogP) is 2.47. The van der Waals surface area contributed by atoms with Gasteiger partial charge in [0.25, 0.3) is 5.91 Å². The maximum Gasteiger partial charge on any atom is 0.256 e. The highest BCUT2D eigenvalue weighted by Crippen LogP contribution is 2.35. The van der Waals surface area contributed by atoms with E-state index in [1.807, 2.05) is 42.5 Å². The monoisotopic (exact) mass is 391 g/mol. The van der Waals surface area contributed by atoms with Gasteiger partial charge in [-0.1, -0.05) is 0 Å². The normalized spacial score (nSPS) is 15.4. The number of benzene rings is 2. The van der Waals surface area contributed by atoms with Gasteiger partial charge in [0, 0.05) is 49.1 Å². The maximum absolute atomic E-state index is 12.6. The Balaban J connectivity index is 1.26. The van der Waals surface area contributed by atoms with Gasteiger partial charge in [-0.3, -0.25) is 9.89 Å². The first-order valence-corrected chi connectivity index (χ1v) is 9.59. The Morgan fingerprint density at radius 2 is 1.79 bits per heavy atom. The fourth-order valence-electron chi connectivity index (χ4n) is 3.53. The first-order valence-electron chi connectivity index (χ1n) is 9.59. The van der Waals surface area contributed by atoms with Crippen LogP contribution in [0.1, 0.15) is 10.4 Å². The molecular weight excluding hydrogens is 370 g/mol. The van der Waals surface area contributed by atoms with E-state index in [9.17, 15) is 4.79 Å². The van der Waals surface area contributed by atoms with E-state index < -0.39 is 0 Å². The summed E-state index contributed by atoms with van der Waals surface area (Å²) in [7, 11) is 0. The van der Waals surface area contributed by atoms with Crippen LogP contribution in [0, 0.1) is 0 Å². The molecule has 29 heavy (non-hydrogen) atoms. The van der Waals surface area contributed by atoms with Crippen molar-refractivity contribution in [3.05, 3.63) is 54.1 Å². The predicted molar refractivity (Wildman–Crippen MR) is 110 cm³/mol. The number of H-pyrrole nitrogens is 1. The van der Waals surface area contributed by atoms with E-state index in [4.69, 9.17) is 9.47 Å². The van der Waals surface area contributed by atoms with Gasteiger partial charge in [-0.25, -0.2) is 0 Å². The van der Waals surface area contributed by atoms with Crippen LogP contribution in [0.15, 0.2) is 48.5 Å². The van der Waals surface area contributed by atoms with Gasteiger partial charge in [-0.15, -0.1) is 0 Å². The summed E-state index contributed by atoms with van der Waals surface area (Å²) >= 11 is 0. The van der Waals surface area contributed by atoms with Gasteiger partial charge in [0.1, 0.15) is 0 Å². The number of aromatic nitrogens is 2. The van der Waals surface area contributed by atoms with Gasteiger partial charge >= 0.3 is 0 Å². The summed E-state index contributed by atoms with van der Waals surface area (Å²) in [6.07, 6.45) is 0. The molecule has 1 aromatic heterocycles. The van der Waals surface area contributed by atoms with Crippen molar-refractivity contribution in [2.24, 2.45) is 0 Å². The van der Waals surface area contributed by atoms with Crippen molar-refractivity contribution in [3.63, 3.8) is 0 Å². The van der Waals surface area contributed by atoms with Crippen molar-refractivity contribution in [1.29, 1.82) is 0 Å². The second kappa shape index (κ2) is 7.48. The van der Waals surface area contributed by atoms with Crippen LogP contribution in [-0.2, 0) is 0 Å². The van der Waals surface area contributed by atoms with E-state index in [0.717, 1.165) is 48.9 Å².